The number of amides is 2. The van der Waals surface area contributed by atoms with Gasteiger partial charge in [-0.05, 0) is 12.8 Å². The molecule has 0 aromatic heterocycles. The van der Waals surface area contributed by atoms with Crippen LogP contribution in [0.5, 0.6) is 0 Å². The molecule has 0 spiro atoms. The molecule has 0 bridgehead atoms. The number of hydrogen-bond donors (Lipinski definition) is 2. The van der Waals surface area contributed by atoms with E-state index in [-0.39, 0.29) is 25.3 Å². The highest BCUT2D eigenvalue weighted by Crippen LogP contribution is 2.15. The van der Waals surface area contributed by atoms with Crippen LogP contribution in [0, 0.1) is 12.3 Å². The summed E-state index contributed by atoms with van der Waals surface area (Å²) in [7, 11) is 0. The maximum absolute atomic E-state index is 12.2. The number of nitrogens with zero attached hydrogens (tertiary/aromatic N) is 2. The van der Waals surface area contributed by atoms with Crippen molar-refractivity contribution >= 4 is 12.0 Å². The van der Waals surface area contributed by atoms with Gasteiger partial charge < -0.3 is 24.7 Å². The summed E-state index contributed by atoms with van der Waals surface area (Å²) >= 11 is 0. The summed E-state index contributed by atoms with van der Waals surface area (Å²) in [4.78, 5) is 25.6. The quantitative estimate of drug-likeness (QED) is 0.648. The SMILES string of the molecule is C#CCN(CC(=O)O)C(=O)N1CCC(OCCO)CC1. The highest BCUT2D eigenvalue weighted by Gasteiger charge is 2.27. The number of aliphatic hydroxyl groups excluding tert-OH is 1. The van der Waals surface area contributed by atoms with E-state index in [1.807, 2.05) is 0 Å². The number of aliphatic carboxylic acids is 1. The summed E-state index contributed by atoms with van der Waals surface area (Å²) < 4.78 is 5.40. The molecule has 1 heterocycles. The van der Waals surface area contributed by atoms with E-state index >= 15 is 0 Å². The molecule has 0 saturated carbocycles. The summed E-state index contributed by atoms with van der Waals surface area (Å²) in [5, 5.41) is 17.5. The van der Waals surface area contributed by atoms with Crippen LogP contribution in [0.3, 0.4) is 0 Å². The molecule has 20 heavy (non-hydrogen) atoms. The molecule has 0 unspecified atom stereocenters. The van der Waals surface area contributed by atoms with Crippen LogP contribution in [0.1, 0.15) is 12.8 Å². The minimum atomic E-state index is -1.09. The predicted molar refractivity (Wildman–Crippen MR) is 71.1 cm³/mol. The van der Waals surface area contributed by atoms with Gasteiger partial charge in [-0.15, -0.1) is 6.42 Å². The Balaban J connectivity index is 2.47. The lowest BCUT2D eigenvalue weighted by Crippen LogP contribution is -2.49. The van der Waals surface area contributed by atoms with E-state index in [2.05, 4.69) is 5.92 Å². The van der Waals surface area contributed by atoms with Crippen molar-refractivity contribution in [2.75, 3.05) is 39.4 Å². The van der Waals surface area contributed by atoms with Gasteiger partial charge in [0.2, 0.25) is 0 Å². The van der Waals surface area contributed by atoms with Gasteiger partial charge in [0.15, 0.2) is 0 Å². The van der Waals surface area contributed by atoms with Crippen LogP contribution < -0.4 is 0 Å². The summed E-state index contributed by atoms with van der Waals surface area (Å²) in [5.74, 6) is 1.20. The molecule has 7 nitrogen and oxygen atoms in total. The number of carbonyl (C=O) groups is 2. The molecule has 0 aliphatic carbocycles. The molecule has 1 saturated heterocycles. The van der Waals surface area contributed by atoms with Gasteiger partial charge in [0.1, 0.15) is 6.54 Å². The van der Waals surface area contributed by atoms with Gasteiger partial charge in [-0.25, -0.2) is 4.79 Å². The van der Waals surface area contributed by atoms with E-state index in [9.17, 15) is 9.59 Å². The van der Waals surface area contributed by atoms with E-state index in [0.29, 0.717) is 32.5 Å². The highest BCUT2D eigenvalue weighted by molar-refractivity contribution is 5.80. The number of likely N-dealkylation sites (tertiary alicyclic amines) is 1. The van der Waals surface area contributed by atoms with Gasteiger partial charge in [0, 0.05) is 13.1 Å². The Kier molecular flexibility index (Phi) is 6.84. The fourth-order valence-electron chi connectivity index (χ4n) is 2.10. The van der Waals surface area contributed by atoms with Crippen molar-refractivity contribution in [3.05, 3.63) is 0 Å². The molecule has 7 heteroatoms. The summed E-state index contributed by atoms with van der Waals surface area (Å²) in [6, 6.07) is -0.356. The van der Waals surface area contributed by atoms with Crippen LogP contribution in [0.4, 0.5) is 4.79 Å². The first-order valence-electron chi connectivity index (χ1n) is 6.50. The second kappa shape index (κ2) is 8.40. The largest absolute Gasteiger partial charge is 0.480 e. The van der Waals surface area contributed by atoms with Crippen molar-refractivity contribution in [3.8, 4) is 12.3 Å². The zero-order chi connectivity index (χ0) is 15.0. The summed E-state index contributed by atoms with van der Waals surface area (Å²) in [6.45, 7) is 0.843. The van der Waals surface area contributed by atoms with Gasteiger partial charge in [-0.3, -0.25) is 4.79 Å². The maximum atomic E-state index is 12.2. The molecule has 1 rings (SSSR count). The van der Waals surface area contributed by atoms with Gasteiger partial charge in [-0.1, -0.05) is 5.92 Å². The number of carboxylic acids is 1. The minimum Gasteiger partial charge on any atom is -0.480 e. The predicted octanol–water partition coefficient (Wildman–Crippen LogP) is -0.400. The van der Waals surface area contributed by atoms with Crippen molar-refractivity contribution in [2.24, 2.45) is 0 Å². The Morgan fingerprint density at radius 2 is 2.05 bits per heavy atom. The average Bonchev–Trinajstić information content (AvgIpc) is 2.44. The molecule has 2 amide bonds. The second-order valence-corrected chi connectivity index (χ2v) is 4.52. The Bertz CT molecular complexity index is 371. The Hall–Kier alpha value is -1.78. The number of piperidine rings is 1. The molecule has 112 valence electrons. The summed E-state index contributed by atoms with van der Waals surface area (Å²) in [6.07, 6.45) is 6.52. The third-order valence-electron chi connectivity index (χ3n) is 3.04. The van der Waals surface area contributed by atoms with Crippen molar-refractivity contribution in [2.45, 2.75) is 18.9 Å². The monoisotopic (exact) mass is 284 g/mol. The minimum absolute atomic E-state index is 0.0201. The van der Waals surface area contributed by atoms with Gasteiger partial charge >= 0.3 is 12.0 Å². The van der Waals surface area contributed by atoms with Crippen LogP contribution in [-0.2, 0) is 9.53 Å². The zero-order valence-electron chi connectivity index (χ0n) is 11.3. The standard InChI is InChI=1S/C13H20N2O5/c1-2-5-15(10-12(17)18)13(19)14-6-3-11(4-7-14)20-9-8-16/h1,11,16H,3-10H2,(H,17,18). The van der Waals surface area contributed by atoms with Gasteiger partial charge in [0.25, 0.3) is 0 Å². The average molecular weight is 284 g/mol. The number of aliphatic hydroxyl groups is 1. The first-order chi connectivity index (χ1) is 9.58. The molecule has 0 atom stereocenters. The number of carbonyl (C=O) groups excluding carboxylic acids is 1. The molecule has 1 fully saturated rings. The lowest BCUT2D eigenvalue weighted by atomic mass is 10.1. The Morgan fingerprint density at radius 1 is 1.40 bits per heavy atom. The van der Waals surface area contributed by atoms with Crippen LogP contribution in [-0.4, -0.2) is 77.5 Å². The normalized spacial score (nSPS) is 15.7. The van der Waals surface area contributed by atoms with Gasteiger partial charge in [-0.2, -0.15) is 0 Å². The number of hydrogen-bond acceptors (Lipinski definition) is 4. The van der Waals surface area contributed by atoms with Crippen LogP contribution in [0.15, 0.2) is 0 Å². The van der Waals surface area contributed by atoms with E-state index in [1.54, 1.807) is 4.90 Å². The first-order valence-corrected chi connectivity index (χ1v) is 6.50. The van der Waals surface area contributed by atoms with Crippen LogP contribution in [0.2, 0.25) is 0 Å². The van der Waals surface area contributed by atoms with E-state index < -0.39 is 12.5 Å². The van der Waals surface area contributed by atoms with Crippen LogP contribution in [0.25, 0.3) is 0 Å². The van der Waals surface area contributed by atoms with Crippen molar-refractivity contribution in [3.63, 3.8) is 0 Å². The van der Waals surface area contributed by atoms with E-state index in [4.69, 9.17) is 21.4 Å². The molecule has 2 N–H and O–H groups in total. The van der Waals surface area contributed by atoms with E-state index in [1.165, 1.54) is 0 Å². The molecule has 1 aliphatic heterocycles. The van der Waals surface area contributed by atoms with Crippen molar-refractivity contribution < 1.29 is 24.5 Å². The molecule has 0 aromatic rings. The molecule has 0 radical (unpaired) electrons. The zero-order valence-corrected chi connectivity index (χ0v) is 11.3. The topological polar surface area (TPSA) is 90.3 Å². The smallest absolute Gasteiger partial charge is 0.323 e. The number of terminal acetylenes is 1. The highest BCUT2D eigenvalue weighted by atomic mass is 16.5. The number of rotatable bonds is 6. The lowest BCUT2D eigenvalue weighted by molar-refractivity contribution is -0.137. The molecule has 0 aromatic carbocycles. The molecule has 1 aliphatic rings. The van der Waals surface area contributed by atoms with Crippen LogP contribution >= 0.6 is 0 Å². The maximum Gasteiger partial charge on any atom is 0.323 e. The number of urea groups is 1. The van der Waals surface area contributed by atoms with Crippen molar-refractivity contribution in [1.82, 2.24) is 9.80 Å². The third kappa shape index (κ3) is 5.07. The van der Waals surface area contributed by atoms with Crippen molar-refractivity contribution in [1.29, 1.82) is 0 Å². The Morgan fingerprint density at radius 3 is 2.55 bits per heavy atom. The van der Waals surface area contributed by atoms with Gasteiger partial charge in [0.05, 0.1) is 25.9 Å². The fourth-order valence-corrected chi connectivity index (χ4v) is 2.10. The number of carboxylic acid groups (broad SMARTS) is 1. The Labute approximate surface area is 118 Å². The second-order valence-electron chi connectivity index (χ2n) is 4.52. The van der Waals surface area contributed by atoms with E-state index in [0.717, 1.165) is 4.90 Å². The molecular formula is C13H20N2O5. The first kappa shape index (κ1) is 16.3. The third-order valence-corrected chi connectivity index (χ3v) is 3.04. The summed E-state index contributed by atoms with van der Waals surface area (Å²) in [5.41, 5.74) is 0. The fraction of sp³-hybridized carbons (Fsp3) is 0.692. The molecular weight excluding hydrogens is 264 g/mol. The number of ether oxygens (including phenoxy) is 1. The lowest BCUT2D eigenvalue weighted by Gasteiger charge is -2.34.